The summed E-state index contributed by atoms with van der Waals surface area (Å²) in [7, 11) is 0. The predicted molar refractivity (Wildman–Crippen MR) is 123 cm³/mol. The van der Waals surface area contributed by atoms with E-state index < -0.39 is 11.4 Å². The number of hydrogen-bond acceptors (Lipinski definition) is 3. The monoisotopic (exact) mass is 452 g/mol. The van der Waals surface area contributed by atoms with Crippen LogP contribution in [0.25, 0.3) is 11.0 Å². The largest absolute Gasteiger partial charge is 0.481 e. The third-order valence-electron chi connectivity index (χ3n) is 6.36. The number of carbonyl (C=O) groups excluding carboxylic acids is 1. The smallest absolute Gasteiger partial charge is 0.317 e. The fourth-order valence-electron chi connectivity index (χ4n) is 4.37. The summed E-state index contributed by atoms with van der Waals surface area (Å²) in [6.07, 6.45) is 3.54. The Bertz CT molecular complexity index is 1190. The molecule has 7 nitrogen and oxygen atoms in total. The normalized spacial score (nSPS) is 13.7. The first kappa shape index (κ1) is 22.8. The van der Waals surface area contributed by atoms with Gasteiger partial charge in [0, 0.05) is 36.9 Å². The summed E-state index contributed by atoms with van der Waals surface area (Å²) in [5.41, 5.74) is 3.06. The molecule has 1 aliphatic heterocycles. The molecule has 4 rings (SSSR count). The van der Waals surface area contributed by atoms with Crippen molar-refractivity contribution in [1.29, 1.82) is 0 Å². The van der Waals surface area contributed by atoms with Gasteiger partial charge >= 0.3 is 12.0 Å². The fraction of sp³-hybridized carbons (Fsp3) is 0.400. The van der Waals surface area contributed by atoms with Gasteiger partial charge in [-0.1, -0.05) is 12.1 Å². The highest BCUT2D eigenvalue weighted by molar-refractivity contribution is 5.83. The highest BCUT2D eigenvalue weighted by Crippen LogP contribution is 2.30. The minimum absolute atomic E-state index is 0.163. The molecular weight excluding hydrogens is 423 g/mol. The lowest BCUT2D eigenvalue weighted by molar-refractivity contribution is -0.147. The second-order valence-electron chi connectivity index (χ2n) is 9.21. The number of nitrogens with zero attached hydrogens (tertiary/aromatic N) is 3. The van der Waals surface area contributed by atoms with Gasteiger partial charge in [0.1, 0.15) is 11.5 Å². The number of aliphatic carboxylic acids is 1. The Morgan fingerprint density at radius 2 is 2.06 bits per heavy atom. The molecule has 0 bridgehead atoms. The van der Waals surface area contributed by atoms with Crippen molar-refractivity contribution < 1.29 is 19.1 Å². The van der Waals surface area contributed by atoms with Gasteiger partial charge in [-0.2, -0.15) is 0 Å². The number of hydrogen-bond donors (Lipinski definition) is 2. The summed E-state index contributed by atoms with van der Waals surface area (Å²) in [6, 6.07) is 10.3. The minimum Gasteiger partial charge on any atom is -0.481 e. The van der Waals surface area contributed by atoms with Crippen LogP contribution >= 0.6 is 0 Å². The summed E-state index contributed by atoms with van der Waals surface area (Å²) < 4.78 is 15.8. The van der Waals surface area contributed by atoms with E-state index in [0.29, 0.717) is 45.4 Å². The zero-order valence-corrected chi connectivity index (χ0v) is 19.0. The average molecular weight is 453 g/mol. The van der Waals surface area contributed by atoms with Crippen molar-refractivity contribution in [2.75, 3.05) is 13.1 Å². The van der Waals surface area contributed by atoms with Crippen molar-refractivity contribution >= 4 is 23.0 Å². The van der Waals surface area contributed by atoms with Crippen LogP contribution in [0.4, 0.5) is 9.18 Å². The third-order valence-corrected chi connectivity index (χ3v) is 6.36. The molecule has 8 heteroatoms. The maximum atomic E-state index is 13.8. The van der Waals surface area contributed by atoms with E-state index in [9.17, 15) is 19.1 Å². The topological polar surface area (TPSA) is 87.5 Å². The van der Waals surface area contributed by atoms with E-state index in [2.05, 4.69) is 14.9 Å². The lowest BCUT2D eigenvalue weighted by Crippen LogP contribution is -2.43. The summed E-state index contributed by atoms with van der Waals surface area (Å²) in [4.78, 5) is 30.4. The molecule has 2 aromatic heterocycles. The molecule has 0 atom stereocenters. The van der Waals surface area contributed by atoms with Crippen LogP contribution in [0.2, 0.25) is 0 Å². The first-order valence-electron chi connectivity index (χ1n) is 11.2. The standard InChI is InChI=1S/C25H29FN4O3/c1-25(2,23(31)32)10-5-12-28-24(33)29-13-9-19-20-8-4-11-27-22(20)30(21(19)16-29)15-17-6-3-7-18(26)14-17/h3-4,6-8,11,14H,5,9-10,12-13,15-16H2,1-2H3,(H,28,33)(H,31,32). The number of carbonyl (C=O) groups is 2. The molecule has 0 unspecified atom stereocenters. The van der Waals surface area contributed by atoms with Crippen LogP contribution in [0, 0.1) is 11.2 Å². The number of fused-ring (bicyclic) bond motifs is 3. The van der Waals surface area contributed by atoms with E-state index in [1.807, 2.05) is 18.2 Å². The molecule has 3 aromatic rings. The van der Waals surface area contributed by atoms with Crippen LogP contribution in [0.5, 0.6) is 0 Å². The number of carboxylic acids is 1. The number of halogens is 1. The Hall–Kier alpha value is -3.42. The van der Waals surface area contributed by atoms with Crippen molar-refractivity contribution in [3.8, 4) is 0 Å². The molecule has 0 spiro atoms. The van der Waals surface area contributed by atoms with Gasteiger partial charge < -0.3 is 19.9 Å². The van der Waals surface area contributed by atoms with E-state index in [4.69, 9.17) is 0 Å². The third kappa shape index (κ3) is 4.84. The molecule has 174 valence electrons. The van der Waals surface area contributed by atoms with E-state index >= 15 is 0 Å². The SMILES string of the molecule is CC(C)(CCCNC(=O)N1CCc2c(n(Cc3cccc(F)c3)c3ncccc23)C1)C(=O)O. The molecule has 1 aromatic carbocycles. The van der Waals surface area contributed by atoms with Crippen LogP contribution in [0.3, 0.4) is 0 Å². The Balaban J connectivity index is 1.49. The first-order valence-corrected chi connectivity index (χ1v) is 11.2. The van der Waals surface area contributed by atoms with Gasteiger partial charge in [0.2, 0.25) is 0 Å². The van der Waals surface area contributed by atoms with E-state index in [1.54, 1.807) is 31.0 Å². The Kier molecular flexibility index (Phi) is 6.35. The van der Waals surface area contributed by atoms with Crippen LogP contribution < -0.4 is 5.32 Å². The molecule has 0 saturated heterocycles. The van der Waals surface area contributed by atoms with Gasteiger partial charge in [-0.15, -0.1) is 0 Å². The molecule has 33 heavy (non-hydrogen) atoms. The lowest BCUT2D eigenvalue weighted by Gasteiger charge is -2.29. The number of carboxylic acid groups (broad SMARTS) is 1. The molecule has 3 heterocycles. The molecular formula is C25H29FN4O3. The van der Waals surface area contributed by atoms with Gasteiger partial charge in [-0.05, 0) is 68.5 Å². The van der Waals surface area contributed by atoms with E-state index in [1.165, 1.54) is 17.7 Å². The summed E-state index contributed by atoms with van der Waals surface area (Å²) in [5, 5.41) is 13.2. The molecule has 0 radical (unpaired) electrons. The quantitative estimate of drug-likeness (QED) is 0.527. The van der Waals surface area contributed by atoms with Gasteiger partial charge in [-0.3, -0.25) is 4.79 Å². The van der Waals surface area contributed by atoms with Gasteiger partial charge in [0.25, 0.3) is 0 Å². The van der Waals surface area contributed by atoms with E-state index in [0.717, 1.165) is 22.3 Å². The van der Waals surface area contributed by atoms with Crippen LogP contribution in [0.1, 0.15) is 43.5 Å². The lowest BCUT2D eigenvalue weighted by atomic mass is 9.88. The Morgan fingerprint density at radius 1 is 1.24 bits per heavy atom. The van der Waals surface area contributed by atoms with Crippen molar-refractivity contribution in [2.45, 2.75) is 46.2 Å². The molecule has 0 saturated carbocycles. The van der Waals surface area contributed by atoms with Crippen molar-refractivity contribution in [2.24, 2.45) is 5.41 Å². The Morgan fingerprint density at radius 3 is 2.82 bits per heavy atom. The van der Waals surface area contributed by atoms with Gasteiger partial charge in [0.05, 0.1) is 12.0 Å². The predicted octanol–water partition coefficient (Wildman–Crippen LogP) is 4.18. The number of aromatic nitrogens is 2. The molecule has 2 amide bonds. The highest BCUT2D eigenvalue weighted by Gasteiger charge is 2.28. The summed E-state index contributed by atoms with van der Waals surface area (Å²) >= 11 is 0. The zero-order valence-electron chi connectivity index (χ0n) is 19.0. The maximum absolute atomic E-state index is 13.8. The first-order chi connectivity index (χ1) is 15.8. The van der Waals surface area contributed by atoms with Gasteiger partial charge in [0.15, 0.2) is 0 Å². The van der Waals surface area contributed by atoms with Crippen LogP contribution in [0.15, 0.2) is 42.6 Å². The van der Waals surface area contributed by atoms with Crippen molar-refractivity contribution in [3.05, 3.63) is 65.2 Å². The number of rotatable bonds is 7. The number of benzene rings is 1. The maximum Gasteiger partial charge on any atom is 0.317 e. The molecule has 0 aliphatic carbocycles. The zero-order chi connectivity index (χ0) is 23.6. The fourth-order valence-corrected chi connectivity index (χ4v) is 4.37. The van der Waals surface area contributed by atoms with Crippen molar-refractivity contribution in [3.63, 3.8) is 0 Å². The average Bonchev–Trinajstić information content (AvgIpc) is 3.09. The minimum atomic E-state index is -0.836. The van der Waals surface area contributed by atoms with Crippen LogP contribution in [-0.2, 0) is 24.3 Å². The summed E-state index contributed by atoms with van der Waals surface area (Å²) in [5.74, 6) is -1.12. The molecule has 1 aliphatic rings. The summed E-state index contributed by atoms with van der Waals surface area (Å²) in [6.45, 7) is 5.30. The van der Waals surface area contributed by atoms with Crippen LogP contribution in [-0.4, -0.2) is 44.6 Å². The number of amides is 2. The number of pyridine rings is 1. The number of nitrogens with one attached hydrogen (secondary N) is 1. The van der Waals surface area contributed by atoms with Gasteiger partial charge in [-0.25, -0.2) is 14.2 Å². The highest BCUT2D eigenvalue weighted by atomic mass is 19.1. The van der Waals surface area contributed by atoms with Crippen molar-refractivity contribution in [1.82, 2.24) is 19.8 Å². The molecule has 2 N–H and O–H groups in total. The Labute approximate surface area is 192 Å². The van der Waals surface area contributed by atoms with E-state index in [-0.39, 0.29) is 11.8 Å². The second kappa shape index (κ2) is 9.21. The second-order valence-corrected chi connectivity index (χ2v) is 9.21. The number of urea groups is 1. The molecule has 0 fully saturated rings.